The van der Waals surface area contributed by atoms with Gasteiger partial charge in [0.05, 0.1) is 43.7 Å². The monoisotopic (exact) mass is 480 g/mol. The molecule has 1 N–H and O–H groups in total. The molecule has 0 radical (unpaired) electrons. The van der Waals surface area contributed by atoms with Crippen LogP contribution in [0.15, 0.2) is 49.1 Å². The molecule has 6 rings (SSSR count). The summed E-state index contributed by atoms with van der Waals surface area (Å²) in [6, 6.07) is 7.43. The summed E-state index contributed by atoms with van der Waals surface area (Å²) in [6.45, 7) is 0.422. The number of aromatic amines is 1. The van der Waals surface area contributed by atoms with Crippen LogP contribution in [0.1, 0.15) is 30.1 Å². The maximum absolute atomic E-state index is 12.8. The van der Waals surface area contributed by atoms with Crippen LogP contribution >= 0.6 is 0 Å². The predicted molar refractivity (Wildman–Crippen MR) is 119 cm³/mol. The van der Waals surface area contributed by atoms with Crippen molar-refractivity contribution in [3.63, 3.8) is 0 Å². The molecular formula is C23H19F3N8O. The fraction of sp³-hybridized carbons (Fsp3) is 0.261. The lowest BCUT2D eigenvalue weighted by molar-refractivity contribution is -0.140. The molecule has 5 aromatic rings. The van der Waals surface area contributed by atoms with Crippen LogP contribution in [0.25, 0.3) is 33.9 Å². The normalized spacial score (nSPS) is 14.1. The van der Waals surface area contributed by atoms with Gasteiger partial charge in [0.1, 0.15) is 17.2 Å². The Morgan fingerprint density at radius 2 is 1.83 bits per heavy atom. The Labute approximate surface area is 196 Å². The number of nitrogens with zero attached hydrogens (tertiary/aromatic N) is 7. The van der Waals surface area contributed by atoms with Gasteiger partial charge in [-0.05, 0) is 18.4 Å². The van der Waals surface area contributed by atoms with Crippen LogP contribution in [0.4, 0.5) is 13.2 Å². The van der Waals surface area contributed by atoms with Crippen LogP contribution < -0.4 is 4.74 Å². The highest BCUT2D eigenvalue weighted by Gasteiger charge is 2.33. The Kier molecular flexibility index (Phi) is 4.83. The molecule has 0 saturated heterocycles. The Morgan fingerprint density at radius 1 is 1.03 bits per heavy atom. The second kappa shape index (κ2) is 7.93. The van der Waals surface area contributed by atoms with Crippen LogP contribution in [0, 0.1) is 0 Å². The number of imidazole rings is 1. The van der Waals surface area contributed by atoms with E-state index in [-0.39, 0.29) is 5.82 Å². The minimum atomic E-state index is -4.46. The van der Waals surface area contributed by atoms with Gasteiger partial charge < -0.3 is 9.72 Å². The van der Waals surface area contributed by atoms with Crippen molar-refractivity contribution in [2.45, 2.75) is 31.6 Å². The lowest BCUT2D eigenvalue weighted by Gasteiger charge is -2.08. The van der Waals surface area contributed by atoms with Gasteiger partial charge in [0, 0.05) is 11.8 Å². The number of fused-ring (bicyclic) bond motifs is 1. The number of aromatic nitrogens is 8. The Morgan fingerprint density at radius 3 is 2.51 bits per heavy atom. The van der Waals surface area contributed by atoms with E-state index in [1.165, 1.54) is 0 Å². The third-order valence-electron chi connectivity index (χ3n) is 5.90. The fourth-order valence-corrected chi connectivity index (χ4v) is 3.95. The molecule has 1 aliphatic rings. The summed E-state index contributed by atoms with van der Waals surface area (Å²) < 4.78 is 47.7. The van der Waals surface area contributed by atoms with E-state index >= 15 is 0 Å². The topological polar surface area (TPSA) is 99.3 Å². The van der Waals surface area contributed by atoms with E-state index in [9.17, 15) is 13.2 Å². The van der Waals surface area contributed by atoms with Crippen molar-refractivity contribution in [2.75, 3.05) is 7.11 Å². The van der Waals surface area contributed by atoms with E-state index in [0.29, 0.717) is 35.4 Å². The first-order valence-electron chi connectivity index (χ1n) is 10.9. The number of methoxy groups -OCH3 is 1. The number of alkyl halides is 3. The first kappa shape index (κ1) is 21.3. The number of hydrogen-bond donors (Lipinski definition) is 1. The number of halogens is 3. The molecule has 1 saturated carbocycles. The summed E-state index contributed by atoms with van der Waals surface area (Å²) in [5.41, 5.74) is 1.98. The van der Waals surface area contributed by atoms with E-state index in [1.807, 2.05) is 16.8 Å². The van der Waals surface area contributed by atoms with Crippen LogP contribution in [-0.2, 0) is 12.7 Å². The van der Waals surface area contributed by atoms with Gasteiger partial charge in [-0.25, -0.2) is 19.6 Å². The molecule has 0 unspecified atom stereocenters. The van der Waals surface area contributed by atoms with E-state index < -0.39 is 11.9 Å². The van der Waals surface area contributed by atoms with Gasteiger partial charge in [-0.2, -0.15) is 23.4 Å². The Hall–Kier alpha value is -4.22. The second-order valence-corrected chi connectivity index (χ2v) is 8.35. The molecule has 9 nitrogen and oxygen atoms in total. The van der Waals surface area contributed by atoms with Gasteiger partial charge in [0.25, 0.3) is 0 Å². The maximum Gasteiger partial charge on any atom is 0.432 e. The Balaban J connectivity index is 1.29. The van der Waals surface area contributed by atoms with Gasteiger partial charge in [0.2, 0.25) is 0 Å². The fourth-order valence-electron chi connectivity index (χ4n) is 3.95. The number of ether oxygens (including phenoxy) is 1. The van der Waals surface area contributed by atoms with Crippen LogP contribution in [0.3, 0.4) is 0 Å². The Bertz CT molecular complexity index is 1510. The van der Waals surface area contributed by atoms with Crippen LogP contribution in [-0.4, -0.2) is 46.6 Å². The second-order valence-electron chi connectivity index (χ2n) is 8.35. The van der Waals surface area contributed by atoms with Crippen LogP contribution in [0.2, 0.25) is 0 Å². The SMILES string of the molecule is COc1cnn(C2CC2)c1-c1ncc2cnn(Cc3ccc(-c4ncc(C(F)(F)F)[nH]4)cc3)c2n1. The molecule has 0 aliphatic heterocycles. The minimum absolute atomic E-state index is 0.159. The molecule has 4 heterocycles. The molecule has 12 heteroatoms. The molecule has 4 aromatic heterocycles. The van der Waals surface area contributed by atoms with Crippen molar-refractivity contribution >= 4 is 11.0 Å². The highest BCUT2D eigenvalue weighted by atomic mass is 19.4. The highest BCUT2D eigenvalue weighted by Crippen LogP contribution is 2.40. The molecule has 0 bridgehead atoms. The first-order valence-corrected chi connectivity index (χ1v) is 10.9. The summed E-state index contributed by atoms with van der Waals surface area (Å²) in [7, 11) is 1.59. The van der Waals surface area contributed by atoms with Crippen LogP contribution in [0.5, 0.6) is 5.75 Å². The standard InChI is InChI=1S/C23H19F3N8O/c1-35-17-10-30-34(16-6-7-16)19(17)21-27-8-15-9-29-33(22(15)32-21)12-13-2-4-14(5-3-13)20-28-11-18(31-20)23(24,25)26/h2-5,8-11,16H,6-7,12H2,1H3,(H,28,31). The summed E-state index contributed by atoms with van der Waals surface area (Å²) in [4.78, 5) is 15.4. The van der Waals surface area contributed by atoms with Crippen molar-refractivity contribution < 1.29 is 17.9 Å². The smallest absolute Gasteiger partial charge is 0.432 e. The number of H-pyrrole nitrogens is 1. The highest BCUT2D eigenvalue weighted by molar-refractivity contribution is 5.76. The van der Waals surface area contributed by atoms with Gasteiger partial charge >= 0.3 is 6.18 Å². The number of rotatable bonds is 6. The van der Waals surface area contributed by atoms with E-state index in [4.69, 9.17) is 9.72 Å². The third-order valence-corrected chi connectivity index (χ3v) is 5.90. The average Bonchev–Trinajstić information content (AvgIpc) is 3.24. The maximum atomic E-state index is 12.8. The number of nitrogens with one attached hydrogen (secondary N) is 1. The molecule has 1 aliphatic carbocycles. The van der Waals surface area contributed by atoms with Crippen molar-refractivity contribution in [1.82, 2.24) is 39.5 Å². The summed E-state index contributed by atoms with van der Waals surface area (Å²) in [6.07, 6.45) is 3.55. The zero-order valence-electron chi connectivity index (χ0n) is 18.5. The lowest BCUT2D eigenvalue weighted by Crippen LogP contribution is -2.06. The van der Waals surface area contributed by atoms with Crippen molar-refractivity contribution in [1.29, 1.82) is 0 Å². The van der Waals surface area contributed by atoms with Crippen molar-refractivity contribution in [3.05, 3.63) is 60.3 Å². The first-order chi connectivity index (χ1) is 16.9. The van der Waals surface area contributed by atoms with Gasteiger partial charge in [-0.15, -0.1) is 0 Å². The molecule has 1 fully saturated rings. The van der Waals surface area contributed by atoms with Gasteiger partial charge in [0.15, 0.2) is 17.2 Å². The van der Waals surface area contributed by atoms with Gasteiger partial charge in [-0.1, -0.05) is 24.3 Å². The van der Waals surface area contributed by atoms with E-state index in [1.54, 1.807) is 42.5 Å². The third kappa shape index (κ3) is 3.90. The molecule has 1 aromatic carbocycles. The largest absolute Gasteiger partial charge is 0.493 e. The average molecular weight is 480 g/mol. The molecule has 0 spiro atoms. The van der Waals surface area contributed by atoms with Gasteiger partial charge in [-0.3, -0.25) is 4.68 Å². The van der Waals surface area contributed by atoms with E-state index in [0.717, 1.165) is 35.7 Å². The van der Waals surface area contributed by atoms with Crippen molar-refractivity contribution in [3.8, 4) is 28.7 Å². The molecular weight excluding hydrogens is 461 g/mol. The quantitative estimate of drug-likeness (QED) is 0.385. The summed E-state index contributed by atoms with van der Waals surface area (Å²) in [5, 5.41) is 9.69. The zero-order chi connectivity index (χ0) is 24.2. The molecule has 0 amide bonds. The number of benzene rings is 1. The predicted octanol–water partition coefficient (Wildman–Crippen LogP) is 4.49. The zero-order valence-corrected chi connectivity index (χ0v) is 18.5. The molecule has 178 valence electrons. The van der Waals surface area contributed by atoms with E-state index in [2.05, 4.69) is 25.1 Å². The lowest BCUT2D eigenvalue weighted by atomic mass is 10.1. The summed E-state index contributed by atoms with van der Waals surface area (Å²) in [5.74, 6) is 1.28. The van der Waals surface area contributed by atoms with Crippen molar-refractivity contribution in [2.24, 2.45) is 0 Å². The molecule has 0 atom stereocenters. The minimum Gasteiger partial charge on any atom is -0.493 e. The number of hydrogen-bond acceptors (Lipinski definition) is 6. The molecule has 35 heavy (non-hydrogen) atoms. The summed E-state index contributed by atoms with van der Waals surface area (Å²) >= 11 is 0.